The van der Waals surface area contributed by atoms with Crippen molar-refractivity contribution in [3.05, 3.63) is 29.8 Å². The number of hydrogen-bond acceptors (Lipinski definition) is 4. The summed E-state index contributed by atoms with van der Waals surface area (Å²) in [5.41, 5.74) is 8.72. The van der Waals surface area contributed by atoms with Crippen molar-refractivity contribution < 1.29 is 4.79 Å². The lowest BCUT2D eigenvalue weighted by atomic mass is 10.1. The molecular weight excluding hydrogens is 240 g/mol. The molecule has 3 N–H and O–H groups in total. The molecule has 19 heavy (non-hydrogen) atoms. The number of aliphatic imine (C=N–C) groups is 1. The van der Waals surface area contributed by atoms with E-state index in [9.17, 15) is 4.79 Å². The zero-order valence-corrected chi connectivity index (χ0v) is 11.6. The van der Waals surface area contributed by atoms with Gasteiger partial charge in [-0.3, -0.25) is 9.79 Å². The van der Waals surface area contributed by atoms with Crippen LogP contribution in [0.25, 0.3) is 0 Å². The van der Waals surface area contributed by atoms with Crippen LogP contribution in [0.4, 0.5) is 5.69 Å². The normalized spacial score (nSPS) is 20.1. The molecule has 1 aromatic rings. The molecule has 0 saturated carbocycles. The Morgan fingerprint density at radius 3 is 2.89 bits per heavy atom. The van der Waals surface area contributed by atoms with Gasteiger partial charge in [0.1, 0.15) is 6.17 Å². The molecule has 1 amide bonds. The van der Waals surface area contributed by atoms with E-state index in [-0.39, 0.29) is 12.1 Å². The molecule has 0 spiro atoms. The maximum absolute atomic E-state index is 11.7. The quantitative estimate of drug-likeness (QED) is 0.823. The summed E-state index contributed by atoms with van der Waals surface area (Å²) in [5.74, 6) is -0.180. The molecule has 1 heterocycles. The summed E-state index contributed by atoms with van der Waals surface area (Å²) in [6.45, 7) is 4.26. The smallest absolute Gasteiger partial charge is 0.238 e. The Balaban J connectivity index is 2.25. The molecule has 1 aromatic carbocycles. The van der Waals surface area contributed by atoms with E-state index in [1.165, 1.54) is 0 Å². The minimum Gasteiger partial charge on any atom is -0.370 e. The molecule has 0 aliphatic carbocycles. The van der Waals surface area contributed by atoms with Crippen molar-refractivity contribution in [2.45, 2.75) is 26.1 Å². The Morgan fingerprint density at radius 1 is 1.53 bits per heavy atom. The maximum Gasteiger partial charge on any atom is 0.238 e. The first-order valence-electron chi connectivity index (χ1n) is 6.40. The molecule has 1 aliphatic heterocycles. The Hall–Kier alpha value is -1.88. The van der Waals surface area contributed by atoms with E-state index in [4.69, 9.17) is 5.73 Å². The number of nitrogens with two attached hydrogens (primary N) is 1. The van der Waals surface area contributed by atoms with Crippen LogP contribution in [-0.2, 0) is 4.79 Å². The van der Waals surface area contributed by atoms with Crippen molar-refractivity contribution in [3.8, 4) is 0 Å². The highest BCUT2D eigenvalue weighted by molar-refractivity contribution is 6.04. The van der Waals surface area contributed by atoms with Crippen LogP contribution in [-0.4, -0.2) is 37.4 Å². The van der Waals surface area contributed by atoms with Crippen molar-refractivity contribution in [1.82, 2.24) is 5.32 Å². The van der Waals surface area contributed by atoms with E-state index < -0.39 is 6.04 Å². The molecule has 2 rings (SSSR count). The van der Waals surface area contributed by atoms with Gasteiger partial charge in [-0.15, -0.1) is 0 Å². The number of benzene rings is 1. The van der Waals surface area contributed by atoms with Crippen LogP contribution in [0.15, 0.2) is 29.3 Å². The fraction of sp³-hybridized carbons (Fsp3) is 0.429. The van der Waals surface area contributed by atoms with Crippen LogP contribution < -0.4 is 16.0 Å². The zero-order valence-electron chi connectivity index (χ0n) is 11.6. The summed E-state index contributed by atoms with van der Waals surface area (Å²) in [7, 11) is 2.00. The average Bonchev–Trinajstić information content (AvgIpc) is 2.48. The van der Waals surface area contributed by atoms with Crippen molar-refractivity contribution in [3.63, 3.8) is 0 Å². The second-order valence-corrected chi connectivity index (χ2v) is 4.93. The van der Waals surface area contributed by atoms with Gasteiger partial charge in [0.15, 0.2) is 0 Å². The Labute approximate surface area is 113 Å². The number of amides is 1. The van der Waals surface area contributed by atoms with Crippen LogP contribution >= 0.6 is 0 Å². The molecular formula is C14H20N4O. The van der Waals surface area contributed by atoms with Crippen molar-refractivity contribution in [2.75, 3.05) is 18.5 Å². The van der Waals surface area contributed by atoms with Gasteiger partial charge in [0, 0.05) is 24.0 Å². The summed E-state index contributed by atoms with van der Waals surface area (Å²) in [6, 6.07) is 7.58. The summed E-state index contributed by atoms with van der Waals surface area (Å²) < 4.78 is 0. The number of likely N-dealkylation sites (N-methyl/N-ethyl adjacent to an activating group) is 1. The van der Waals surface area contributed by atoms with Crippen LogP contribution in [0.3, 0.4) is 0 Å². The van der Waals surface area contributed by atoms with Crippen LogP contribution in [0.1, 0.15) is 19.4 Å². The van der Waals surface area contributed by atoms with E-state index in [1.54, 1.807) is 6.92 Å². The van der Waals surface area contributed by atoms with Gasteiger partial charge in [0.2, 0.25) is 5.91 Å². The molecule has 102 valence electrons. The van der Waals surface area contributed by atoms with Gasteiger partial charge in [-0.1, -0.05) is 18.2 Å². The molecule has 5 nitrogen and oxygen atoms in total. The lowest BCUT2D eigenvalue weighted by Gasteiger charge is -2.23. The van der Waals surface area contributed by atoms with Crippen molar-refractivity contribution in [2.24, 2.45) is 10.7 Å². The maximum atomic E-state index is 11.7. The number of benzodiazepines with no additional fused rings is 1. The SMILES string of the molecule is CC1=NC(NC(=O)[C@H](C)N)CN(C)c2ccccc21. The third-order valence-electron chi connectivity index (χ3n) is 3.22. The Morgan fingerprint density at radius 2 is 2.21 bits per heavy atom. The summed E-state index contributed by atoms with van der Waals surface area (Å²) >= 11 is 0. The second kappa shape index (κ2) is 5.40. The average molecular weight is 260 g/mol. The predicted octanol–water partition coefficient (Wildman–Crippen LogP) is 0.735. The number of anilines is 1. The number of nitrogens with zero attached hydrogens (tertiary/aromatic N) is 2. The minimum absolute atomic E-state index is 0.180. The molecule has 0 bridgehead atoms. The molecule has 0 saturated heterocycles. The summed E-state index contributed by atoms with van der Waals surface area (Å²) in [4.78, 5) is 18.4. The number of rotatable bonds is 2. The van der Waals surface area contributed by atoms with Crippen LogP contribution in [0, 0.1) is 0 Å². The van der Waals surface area contributed by atoms with Gasteiger partial charge in [-0.25, -0.2) is 0 Å². The van der Waals surface area contributed by atoms with E-state index in [0.29, 0.717) is 6.54 Å². The third kappa shape index (κ3) is 2.93. The largest absolute Gasteiger partial charge is 0.370 e. The molecule has 0 aromatic heterocycles. The zero-order chi connectivity index (χ0) is 14.0. The molecule has 1 aliphatic rings. The van der Waals surface area contributed by atoms with E-state index in [0.717, 1.165) is 17.0 Å². The van der Waals surface area contributed by atoms with Crippen molar-refractivity contribution >= 4 is 17.3 Å². The highest BCUT2D eigenvalue weighted by Crippen LogP contribution is 2.23. The highest BCUT2D eigenvalue weighted by atomic mass is 16.2. The van der Waals surface area contributed by atoms with Gasteiger partial charge in [-0.05, 0) is 19.9 Å². The van der Waals surface area contributed by atoms with Crippen molar-refractivity contribution in [1.29, 1.82) is 0 Å². The van der Waals surface area contributed by atoms with Gasteiger partial charge >= 0.3 is 0 Å². The minimum atomic E-state index is -0.522. The fourth-order valence-electron chi connectivity index (χ4n) is 2.19. The lowest BCUT2D eigenvalue weighted by Crippen LogP contribution is -2.47. The number of carbonyl (C=O) groups excluding carboxylic acids is 1. The summed E-state index contributed by atoms with van der Waals surface area (Å²) in [6.07, 6.45) is -0.268. The Kier molecular flexibility index (Phi) is 3.85. The topological polar surface area (TPSA) is 70.7 Å². The third-order valence-corrected chi connectivity index (χ3v) is 3.22. The molecule has 2 atom stereocenters. The number of fused-ring (bicyclic) bond motifs is 1. The van der Waals surface area contributed by atoms with Gasteiger partial charge < -0.3 is 16.0 Å². The number of para-hydroxylation sites is 1. The second-order valence-electron chi connectivity index (χ2n) is 4.93. The monoisotopic (exact) mass is 260 g/mol. The molecule has 0 fully saturated rings. The fourth-order valence-corrected chi connectivity index (χ4v) is 2.19. The number of hydrogen-bond donors (Lipinski definition) is 2. The van der Waals surface area contributed by atoms with Gasteiger partial charge in [-0.2, -0.15) is 0 Å². The van der Waals surface area contributed by atoms with E-state index >= 15 is 0 Å². The standard InChI is InChI=1S/C14H20N4O/c1-9(15)14(19)17-13-8-18(3)12-7-5-4-6-11(12)10(2)16-13/h4-7,9,13H,8,15H2,1-3H3,(H,17,19)/t9-,13?/m0/s1. The van der Waals surface area contributed by atoms with E-state index in [2.05, 4.69) is 21.3 Å². The number of nitrogens with one attached hydrogen (secondary N) is 1. The summed E-state index contributed by atoms with van der Waals surface area (Å²) in [5, 5.41) is 2.86. The predicted molar refractivity (Wildman–Crippen MR) is 77.5 cm³/mol. The van der Waals surface area contributed by atoms with Gasteiger partial charge in [0.05, 0.1) is 12.6 Å². The van der Waals surface area contributed by atoms with Crippen LogP contribution in [0.2, 0.25) is 0 Å². The Bertz CT molecular complexity index is 510. The molecule has 1 unspecified atom stereocenters. The molecule has 5 heteroatoms. The van der Waals surface area contributed by atoms with Crippen LogP contribution in [0.5, 0.6) is 0 Å². The number of carbonyl (C=O) groups is 1. The first-order chi connectivity index (χ1) is 8.99. The van der Waals surface area contributed by atoms with Gasteiger partial charge in [0.25, 0.3) is 0 Å². The highest BCUT2D eigenvalue weighted by Gasteiger charge is 2.21. The van der Waals surface area contributed by atoms with E-state index in [1.807, 2.05) is 32.2 Å². The first-order valence-corrected chi connectivity index (χ1v) is 6.40. The lowest BCUT2D eigenvalue weighted by molar-refractivity contribution is -0.122. The first kappa shape index (κ1) is 13.5. The molecule has 0 radical (unpaired) electrons.